The number of nitrogens with one attached hydrogen (secondary N) is 2. The Morgan fingerprint density at radius 2 is 1.92 bits per heavy atom. The maximum absolute atomic E-state index is 13.0. The van der Waals surface area contributed by atoms with Gasteiger partial charge in [-0.3, -0.25) is 10.1 Å². The Labute approximate surface area is 148 Å². The first kappa shape index (κ1) is 17.3. The summed E-state index contributed by atoms with van der Waals surface area (Å²) in [6, 6.07) is 9.46. The maximum atomic E-state index is 13.0. The Kier molecular flexibility index (Phi) is 5.07. The van der Waals surface area contributed by atoms with Crippen molar-refractivity contribution in [2.45, 2.75) is 20.0 Å². The SMILES string of the molecule is Cc1nc(NCc2ccc(F)cc2)nc(NCc2ccco2)c1[N+](=O)[O-]. The predicted molar refractivity (Wildman–Crippen MR) is 93.2 cm³/mol. The van der Waals surface area contributed by atoms with Crippen LogP contribution in [0.2, 0.25) is 0 Å². The van der Waals surface area contributed by atoms with Crippen molar-refractivity contribution >= 4 is 17.5 Å². The van der Waals surface area contributed by atoms with Crippen LogP contribution in [0.4, 0.5) is 21.8 Å². The first-order valence-corrected chi connectivity index (χ1v) is 7.80. The molecule has 0 aliphatic heterocycles. The van der Waals surface area contributed by atoms with E-state index in [4.69, 9.17) is 4.42 Å². The van der Waals surface area contributed by atoms with Crippen molar-refractivity contribution in [2.24, 2.45) is 0 Å². The molecule has 0 aliphatic carbocycles. The highest BCUT2D eigenvalue weighted by Crippen LogP contribution is 2.27. The fraction of sp³-hybridized carbons (Fsp3) is 0.176. The molecule has 0 bridgehead atoms. The van der Waals surface area contributed by atoms with Crippen molar-refractivity contribution in [1.29, 1.82) is 0 Å². The van der Waals surface area contributed by atoms with E-state index in [2.05, 4.69) is 20.6 Å². The zero-order valence-corrected chi connectivity index (χ0v) is 13.9. The fourth-order valence-electron chi connectivity index (χ4n) is 2.36. The molecule has 0 amide bonds. The lowest BCUT2D eigenvalue weighted by atomic mass is 10.2. The number of aromatic nitrogens is 2. The summed E-state index contributed by atoms with van der Waals surface area (Å²) in [6.07, 6.45) is 1.52. The van der Waals surface area contributed by atoms with Crippen molar-refractivity contribution in [1.82, 2.24) is 9.97 Å². The van der Waals surface area contributed by atoms with Gasteiger partial charge in [0.2, 0.25) is 11.8 Å². The molecule has 0 fully saturated rings. The van der Waals surface area contributed by atoms with Crippen LogP contribution in [0.25, 0.3) is 0 Å². The maximum Gasteiger partial charge on any atom is 0.332 e. The number of furan rings is 1. The van der Waals surface area contributed by atoms with Crippen LogP contribution in [0.3, 0.4) is 0 Å². The Balaban J connectivity index is 1.79. The van der Waals surface area contributed by atoms with Crippen LogP contribution in [-0.2, 0) is 13.1 Å². The van der Waals surface area contributed by atoms with Crippen molar-refractivity contribution in [3.8, 4) is 0 Å². The first-order chi connectivity index (χ1) is 12.5. The van der Waals surface area contributed by atoms with Gasteiger partial charge in [-0.1, -0.05) is 12.1 Å². The molecule has 0 radical (unpaired) electrons. The number of aryl methyl sites for hydroxylation is 1. The van der Waals surface area contributed by atoms with Gasteiger partial charge in [-0.15, -0.1) is 0 Å². The van der Waals surface area contributed by atoms with Crippen molar-refractivity contribution in [3.63, 3.8) is 0 Å². The van der Waals surface area contributed by atoms with Gasteiger partial charge in [-0.25, -0.2) is 9.37 Å². The molecule has 9 heteroatoms. The highest BCUT2D eigenvalue weighted by Gasteiger charge is 2.22. The van der Waals surface area contributed by atoms with E-state index in [-0.39, 0.29) is 35.5 Å². The smallest absolute Gasteiger partial charge is 0.332 e. The molecule has 1 aromatic carbocycles. The third kappa shape index (κ3) is 4.12. The third-order valence-corrected chi connectivity index (χ3v) is 3.61. The summed E-state index contributed by atoms with van der Waals surface area (Å²) in [5.74, 6) is 0.636. The number of anilines is 2. The number of halogens is 1. The molecule has 0 aliphatic rings. The summed E-state index contributed by atoms with van der Waals surface area (Å²) in [5, 5.41) is 17.2. The molecule has 2 aromatic heterocycles. The Morgan fingerprint density at radius 1 is 1.15 bits per heavy atom. The Bertz CT molecular complexity index is 898. The zero-order valence-electron chi connectivity index (χ0n) is 13.9. The minimum absolute atomic E-state index is 0.0977. The molecule has 0 atom stereocenters. The second kappa shape index (κ2) is 7.60. The molecule has 3 aromatic rings. The lowest BCUT2D eigenvalue weighted by Crippen LogP contribution is -2.11. The second-order valence-electron chi connectivity index (χ2n) is 5.50. The average molecular weight is 357 g/mol. The lowest BCUT2D eigenvalue weighted by molar-refractivity contribution is -0.385. The normalized spacial score (nSPS) is 10.5. The summed E-state index contributed by atoms with van der Waals surface area (Å²) in [6.45, 7) is 2.15. The quantitative estimate of drug-likeness (QED) is 0.491. The molecule has 26 heavy (non-hydrogen) atoms. The second-order valence-corrected chi connectivity index (χ2v) is 5.50. The molecular formula is C17H16FN5O3. The van der Waals surface area contributed by atoms with Crippen molar-refractivity contribution in [2.75, 3.05) is 10.6 Å². The van der Waals surface area contributed by atoms with Gasteiger partial charge in [0.05, 0.1) is 17.7 Å². The molecule has 2 heterocycles. The van der Waals surface area contributed by atoms with E-state index in [1.54, 1.807) is 31.2 Å². The number of hydrogen-bond donors (Lipinski definition) is 2. The van der Waals surface area contributed by atoms with E-state index < -0.39 is 4.92 Å². The summed E-state index contributed by atoms with van der Waals surface area (Å²) in [7, 11) is 0. The monoisotopic (exact) mass is 357 g/mol. The summed E-state index contributed by atoms with van der Waals surface area (Å²) < 4.78 is 18.2. The molecule has 8 nitrogen and oxygen atoms in total. The Hall–Kier alpha value is -3.49. The molecule has 0 saturated heterocycles. The molecule has 3 rings (SSSR count). The number of nitrogens with zero attached hydrogens (tertiary/aromatic N) is 3. The van der Waals surface area contributed by atoms with Gasteiger partial charge >= 0.3 is 5.69 Å². The van der Waals surface area contributed by atoms with Gasteiger partial charge < -0.3 is 15.1 Å². The summed E-state index contributed by atoms with van der Waals surface area (Å²) in [4.78, 5) is 19.1. The van der Waals surface area contributed by atoms with Crippen LogP contribution in [0, 0.1) is 22.9 Å². The van der Waals surface area contributed by atoms with Crippen LogP contribution in [-0.4, -0.2) is 14.9 Å². The van der Waals surface area contributed by atoms with E-state index in [0.29, 0.717) is 12.3 Å². The number of rotatable bonds is 7. The van der Waals surface area contributed by atoms with Crippen molar-refractivity contribution in [3.05, 3.63) is 75.6 Å². The molecule has 0 unspecified atom stereocenters. The molecule has 0 saturated carbocycles. The van der Waals surface area contributed by atoms with Gasteiger partial charge in [0.1, 0.15) is 17.3 Å². The van der Waals surface area contributed by atoms with Gasteiger partial charge in [-0.2, -0.15) is 4.98 Å². The summed E-state index contributed by atoms with van der Waals surface area (Å²) in [5.41, 5.74) is 0.869. The molecule has 0 spiro atoms. The van der Waals surface area contributed by atoms with Gasteiger partial charge in [0.15, 0.2) is 0 Å². The van der Waals surface area contributed by atoms with Crippen LogP contribution < -0.4 is 10.6 Å². The third-order valence-electron chi connectivity index (χ3n) is 3.61. The molecule has 134 valence electrons. The average Bonchev–Trinajstić information content (AvgIpc) is 3.12. The van der Waals surface area contributed by atoms with E-state index in [1.807, 2.05) is 0 Å². The highest BCUT2D eigenvalue weighted by atomic mass is 19.1. The molecule has 2 N–H and O–H groups in total. The van der Waals surface area contributed by atoms with E-state index >= 15 is 0 Å². The lowest BCUT2D eigenvalue weighted by Gasteiger charge is -2.10. The van der Waals surface area contributed by atoms with Crippen LogP contribution in [0.15, 0.2) is 47.1 Å². The van der Waals surface area contributed by atoms with E-state index in [0.717, 1.165) is 5.56 Å². The minimum atomic E-state index is -0.524. The van der Waals surface area contributed by atoms with E-state index in [9.17, 15) is 14.5 Å². The van der Waals surface area contributed by atoms with Gasteiger partial charge in [0, 0.05) is 6.54 Å². The van der Waals surface area contributed by atoms with Gasteiger partial charge in [0.25, 0.3) is 0 Å². The zero-order chi connectivity index (χ0) is 18.5. The molecular weight excluding hydrogens is 341 g/mol. The largest absolute Gasteiger partial charge is 0.467 e. The standard InChI is InChI=1S/C17H16FN5O3/c1-11-15(23(24)25)16(19-10-14-3-2-8-26-14)22-17(21-11)20-9-12-4-6-13(18)7-5-12/h2-8H,9-10H2,1H3,(H2,19,20,21,22). The van der Waals surface area contributed by atoms with Gasteiger partial charge in [-0.05, 0) is 36.8 Å². The van der Waals surface area contributed by atoms with E-state index in [1.165, 1.54) is 18.4 Å². The number of benzene rings is 1. The summed E-state index contributed by atoms with van der Waals surface area (Å²) >= 11 is 0. The first-order valence-electron chi connectivity index (χ1n) is 7.80. The fourth-order valence-corrected chi connectivity index (χ4v) is 2.36. The Morgan fingerprint density at radius 3 is 2.58 bits per heavy atom. The van der Waals surface area contributed by atoms with Crippen LogP contribution in [0.5, 0.6) is 0 Å². The predicted octanol–water partition coefficient (Wildman–Crippen LogP) is 3.65. The topological polar surface area (TPSA) is 106 Å². The van der Waals surface area contributed by atoms with Crippen molar-refractivity contribution < 1.29 is 13.7 Å². The van der Waals surface area contributed by atoms with Crippen LogP contribution >= 0.6 is 0 Å². The van der Waals surface area contributed by atoms with Crippen LogP contribution in [0.1, 0.15) is 17.0 Å². The highest BCUT2D eigenvalue weighted by molar-refractivity contribution is 5.60. The number of nitro groups is 1. The number of hydrogen-bond acceptors (Lipinski definition) is 7. The minimum Gasteiger partial charge on any atom is -0.467 e.